The van der Waals surface area contributed by atoms with E-state index in [2.05, 4.69) is 25.4 Å². The largest absolute Gasteiger partial charge is 0.392 e. The van der Waals surface area contributed by atoms with E-state index in [0.717, 1.165) is 0 Å². The molecule has 33 heavy (non-hydrogen) atoms. The molecular weight excluding hydrogens is 449 g/mol. The van der Waals surface area contributed by atoms with Crippen LogP contribution < -0.4 is 21.8 Å². The SMILES string of the molecule is CC(C)(CCl)C(=O)Nc1c[nH+]c(C(N)=CC(=NCc2ccccc2F)c2ccon2)nc1N. The van der Waals surface area contributed by atoms with E-state index in [0.29, 0.717) is 22.7 Å². The van der Waals surface area contributed by atoms with Crippen molar-refractivity contribution in [2.24, 2.45) is 16.1 Å². The van der Waals surface area contributed by atoms with Crippen molar-refractivity contribution >= 4 is 40.4 Å². The molecule has 0 bridgehead atoms. The number of halogens is 2. The highest BCUT2D eigenvalue weighted by Gasteiger charge is 2.28. The zero-order valence-corrected chi connectivity index (χ0v) is 18.9. The van der Waals surface area contributed by atoms with Gasteiger partial charge in [0.25, 0.3) is 5.82 Å². The fourth-order valence-electron chi connectivity index (χ4n) is 2.59. The van der Waals surface area contributed by atoms with E-state index in [4.69, 9.17) is 27.6 Å². The van der Waals surface area contributed by atoms with Gasteiger partial charge in [0.2, 0.25) is 5.91 Å². The Hall–Kier alpha value is -3.79. The predicted molar refractivity (Wildman–Crippen MR) is 124 cm³/mol. The summed E-state index contributed by atoms with van der Waals surface area (Å²) in [6.45, 7) is 3.49. The minimum atomic E-state index is -0.785. The summed E-state index contributed by atoms with van der Waals surface area (Å²) in [7, 11) is 0. The molecule has 172 valence electrons. The van der Waals surface area contributed by atoms with Gasteiger partial charge in [0.1, 0.15) is 35.4 Å². The van der Waals surface area contributed by atoms with Gasteiger partial charge in [-0.1, -0.05) is 23.4 Å². The summed E-state index contributed by atoms with van der Waals surface area (Å²) in [5.74, 6) is -0.227. The number of nitrogens with two attached hydrogens (primary N) is 2. The van der Waals surface area contributed by atoms with Crippen LogP contribution in [0.4, 0.5) is 15.9 Å². The summed E-state index contributed by atoms with van der Waals surface area (Å²) >= 11 is 5.84. The second-order valence-electron chi connectivity index (χ2n) is 7.80. The fraction of sp³-hybridized carbons (Fsp3) is 0.227. The number of carbonyl (C=O) groups is 1. The van der Waals surface area contributed by atoms with Gasteiger partial charge in [-0.3, -0.25) is 9.79 Å². The average Bonchev–Trinajstić information content (AvgIpc) is 3.33. The topological polar surface area (TPSA) is 147 Å². The molecule has 2 heterocycles. The van der Waals surface area contributed by atoms with Crippen LogP contribution >= 0.6 is 11.6 Å². The third kappa shape index (κ3) is 5.92. The molecule has 0 aliphatic heterocycles. The summed E-state index contributed by atoms with van der Waals surface area (Å²) < 4.78 is 18.9. The van der Waals surface area contributed by atoms with Crippen LogP contribution in [0, 0.1) is 11.2 Å². The first-order valence-electron chi connectivity index (χ1n) is 9.93. The number of nitrogens with zero attached hydrogens (tertiary/aromatic N) is 3. The van der Waals surface area contributed by atoms with E-state index < -0.39 is 5.41 Å². The molecule has 2 aromatic heterocycles. The third-order valence-electron chi connectivity index (χ3n) is 4.70. The summed E-state index contributed by atoms with van der Waals surface area (Å²) in [5.41, 5.74) is 13.1. The monoisotopic (exact) mass is 472 g/mol. The molecule has 0 fully saturated rings. The van der Waals surface area contributed by atoms with E-state index in [1.54, 1.807) is 38.1 Å². The van der Waals surface area contributed by atoms with E-state index in [1.165, 1.54) is 24.6 Å². The zero-order valence-electron chi connectivity index (χ0n) is 18.1. The summed E-state index contributed by atoms with van der Waals surface area (Å²) in [6, 6.07) is 7.94. The second-order valence-corrected chi connectivity index (χ2v) is 8.06. The standard InChI is InChI=1S/C22H23ClFN7O2/c1-22(2,12-23)21(32)29-18-11-28-20(30-19(18)26)15(25)9-17(16-7-8-33-31-16)27-10-13-5-3-4-6-14(13)24/h3-9,11H,10,12,25H2,1-2H3,(H,29,32)(H2,26,28,30)/p+1. The Balaban J connectivity index is 1.87. The Morgan fingerprint density at radius 2 is 2.12 bits per heavy atom. The van der Waals surface area contributed by atoms with Gasteiger partial charge in [0.15, 0.2) is 0 Å². The number of alkyl halides is 1. The highest BCUT2D eigenvalue weighted by atomic mass is 35.5. The number of nitrogen functional groups attached to an aromatic ring is 1. The van der Waals surface area contributed by atoms with Crippen LogP contribution in [0.1, 0.15) is 30.9 Å². The van der Waals surface area contributed by atoms with Crippen LogP contribution in [0.15, 0.2) is 58.4 Å². The maximum absolute atomic E-state index is 14.0. The molecule has 9 nitrogen and oxygen atoms in total. The van der Waals surface area contributed by atoms with Crippen LogP contribution in [-0.2, 0) is 11.3 Å². The van der Waals surface area contributed by atoms with Crippen molar-refractivity contribution in [2.45, 2.75) is 20.4 Å². The number of amides is 1. The normalized spacial score (nSPS) is 12.6. The smallest absolute Gasteiger partial charge is 0.346 e. The maximum Gasteiger partial charge on any atom is 0.346 e. The molecule has 0 unspecified atom stereocenters. The Labute approximate surface area is 194 Å². The minimum absolute atomic E-state index is 0.0603. The van der Waals surface area contributed by atoms with Crippen molar-refractivity contribution in [1.29, 1.82) is 0 Å². The number of aromatic amines is 1. The van der Waals surface area contributed by atoms with E-state index in [9.17, 15) is 9.18 Å². The highest BCUT2D eigenvalue weighted by molar-refractivity contribution is 6.20. The molecule has 0 aliphatic rings. The molecule has 0 saturated heterocycles. The number of H-pyrrole nitrogens is 1. The molecule has 11 heteroatoms. The molecular formula is C22H24ClFN7O2+. The van der Waals surface area contributed by atoms with Gasteiger partial charge in [0, 0.05) is 17.5 Å². The fourth-order valence-corrected chi connectivity index (χ4v) is 2.71. The van der Waals surface area contributed by atoms with Crippen molar-refractivity contribution in [3.63, 3.8) is 0 Å². The second kappa shape index (κ2) is 10.2. The first-order valence-corrected chi connectivity index (χ1v) is 10.5. The number of aliphatic imine (C=N–C) groups is 1. The van der Waals surface area contributed by atoms with Crippen molar-refractivity contribution < 1.29 is 18.7 Å². The van der Waals surface area contributed by atoms with Crippen LogP contribution in [0.3, 0.4) is 0 Å². The van der Waals surface area contributed by atoms with Gasteiger partial charge >= 0.3 is 5.82 Å². The number of hydrogen-bond donors (Lipinski definition) is 3. The number of allylic oxidation sites excluding steroid dienone is 1. The van der Waals surface area contributed by atoms with Crippen LogP contribution in [-0.4, -0.2) is 27.6 Å². The average molecular weight is 473 g/mol. The Bertz CT molecular complexity index is 1190. The van der Waals surface area contributed by atoms with Gasteiger partial charge in [-0.15, -0.1) is 11.6 Å². The van der Waals surface area contributed by atoms with Crippen LogP contribution in [0.2, 0.25) is 0 Å². The molecule has 3 aromatic rings. The first kappa shape index (κ1) is 23.9. The van der Waals surface area contributed by atoms with Gasteiger partial charge in [-0.25, -0.2) is 9.37 Å². The van der Waals surface area contributed by atoms with Crippen molar-refractivity contribution in [3.05, 3.63) is 71.8 Å². The summed E-state index contributed by atoms with van der Waals surface area (Å²) in [5, 5.41) is 6.57. The lowest BCUT2D eigenvalue weighted by Crippen LogP contribution is -2.33. The van der Waals surface area contributed by atoms with Crippen LogP contribution in [0.5, 0.6) is 0 Å². The number of carbonyl (C=O) groups excluding carboxylic acids is 1. The Morgan fingerprint density at radius 3 is 2.76 bits per heavy atom. The van der Waals surface area contributed by atoms with Gasteiger partial charge in [-0.05, 0) is 31.0 Å². The highest BCUT2D eigenvalue weighted by Crippen LogP contribution is 2.22. The molecule has 1 amide bonds. The molecule has 1 aromatic carbocycles. The molecule has 0 atom stereocenters. The summed E-state index contributed by atoms with van der Waals surface area (Å²) in [4.78, 5) is 23.9. The van der Waals surface area contributed by atoms with E-state index in [-0.39, 0.29) is 41.5 Å². The lowest BCUT2D eigenvalue weighted by Gasteiger charge is -2.19. The molecule has 0 saturated carbocycles. The van der Waals surface area contributed by atoms with E-state index >= 15 is 0 Å². The number of aromatic nitrogens is 3. The summed E-state index contributed by atoms with van der Waals surface area (Å²) in [6.07, 6.45) is 4.39. The van der Waals surface area contributed by atoms with Gasteiger partial charge in [-0.2, -0.15) is 0 Å². The lowest BCUT2D eigenvalue weighted by molar-refractivity contribution is -0.385. The molecule has 6 N–H and O–H groups in total. The minimum Gasteiger partial charge on any atom is -0.392 e. The van der Waals surface area contributed by atoms with Crippen molar-refractivity contribution in [1.82, 2.24) is 10.1 Å². The number of hydrogen-bond acceptors (Lipinski definition) is 7. The number of benzene rings is 1. The Morgan fingerprint density at radius 1 is 1.36 bits per heavy atom. The molecule has 0 aliphatic carbocycles. The van der Waals surface area contributed by atoms with Crippen molar-refractivity contribution in [3.8, 4) is 0 Å². The zero-order chi connectivity index (χ0) is 24.0. The molecule has 3 rings (SSSR count). The van der Waals surface area contributed by atoms with E-state index in [1.807, 2.05) is 0 Å². The predicted octanol–water partition coefficient (Wildman–Crippen LogP) is 2.80. The third-order valence-corrected chi connectivity index (χ3v) is 5.37. The maximum atomic E-state index is 14.0. The van der Waals surface area contributed by atoms with Gasteiger partial charge < -0.3 is 21.3 Å². The van der Waals surface area contributed by atoms with Crippen molar-refractivity contribution in [2.75, 3.05) is 16.9 Å². The molecule has 0 radical (unpaired) electrons. The van der Waals surface area contributed by atoms with Gasteiger partial charge in [0.05, 0.1) is 17.7 Å². The number of nitrogens with one attached hydrogen (secondary N) is 2. The van der Waals surface area contributed by atoms with Crippen LogP contribution in [0.25, 0.3) is 5.70 Å². The Kier molecular flexibility index (Phi) is 7.39. The number of rotatable bonds is 8. The molecule has 0 spiro atoms. The quantitative estimate of drug-likeness (QED) is 0.339. The number of anilines is 2. The first-order chi connectivity index (χ1) is 15.7. The lowest BCUT2D eigenvalue weighted by atomic mass is 9.95.